The van der Waals surface area contributed by atoms with E-state index >= 15 is 0 Å². The molecular formula is C34H30Cl2O9S. The SMILES string of the molecule is COc1cc(OC)c(OC)cc1/C=C/C(=O)c1ccc(/C=C/c2cc(OC)c(OS(=O)(=O)c3cc(Cl)cc(Cl)c3)c(OC)c2)cc1. The van der Waals surface area contributed by atoms with Crippen molar-refractivity contribution in [3.63, 3.8) is 0 Å². The maximum Gasteiger partial charge on any atom is 0.339 e. The Morgan fingerprint density at radius 1 is 0.609 bits per heavy atom. The summed E-state index contributed by atoms with van der Waals surface area (Å²) in [5.41, 5.74) is 2.58. The first-order chi connectivity index (χ1) is 22.0. The van der Waals surface area contributed by atoms with Crippen LogP contribution in [0.2, 0.25) is 10.0 Å². The summed E-state index contributed by atoms with van der Waals surface area (Å²) in [5.74, 6) is 1.45. The second-order valence-electron chi connectivity index (χ2n) is 9.50. The number of rotatable bonds is 13. The molecule has 240 valence electrons. The van der Waals surface area contributed by atoms with E-state index < -0.39 is 10.1 Å². The number of carbonyl (C=O) groups excluding carboxylic acids is 1. The molecule has 4 rings (SSSR count). The van der Waals surface area contributed by atoms with Gasteiger partial charge in [-0.15, -0.1) is 0 Å². The molecule has 0 atom stereocenters. The summed E-state index contributed by atoms with van der Waals surface area (Å²) in [6, 6.07) is 17.5. The molecule has 0 N–H and O–H groups in total. The molecule has 0 fully saturated rings. The topological polar surface area (TPSA) is 107 Å². The van der Waals surface area contributed by atoms with Crippen molar-refractivity contribution in [1.82, 2.24) is 0 Å². The largest absolute Gasteiger partial charge is 0.496 e. The average Bonchev–Trinajstić information content (AvgIpc) is 3.05. The summed E-state index contributed by atoms with van der Waals surface area (Å²) < 4.78 is 58.3. The molecule has 0 spiro atoms. The standard InChI is InChI=1S/C34H30Cl2O9S/c1-40-29-20-31(42-3)30(41-2)16-24(29)12-13-28(37)23-10-8-21(9-11-23)6-7-22-14-32(43-4)34(33(15-22)44-5)45-46(38,39)27-18-25(35)17-26(36)19-27/h6-20H,1-5H3/b7-6+,13-12+. The molecule has 0 radical (unpaired) electrons. The number of hydrogen-bond donors (Lipinski definition) is 0. The summed E-state index contributed by atoms with van der Waals surface area (Å²) in [6.07, 6.45) is 6.70. The fourth-order valence-electron chi connectivity index (χ4n) is 4.30. The maximum atomic E-state index is 13.0. The van der Waals surface area contributed by atoms with Crippen LogP contribution >= 0.6 is 23.2 Å². The summed E-state index contributed by atoms with van der Waals surface area (Å²) in [4.78, 5) is 12.7. The van der Waals surface area contributed by atoms with Crippen molar-refractivity contribution in [2.75, 3.05) is 35.5 Å². The number of methoxy groups -OCH3 is 5. The van der Waals surface area contributed by atoms with Gasteiger partial charge in [-0.1, -0.05) is 59.6 Å². The van der Waals surface area contributed by atoms with Gasteiger partial charge in [0, 0.05) is 27.2 Å². The van der Waals surface area contributed by atoms with Crippen LogP contribution in [0.15, 0.2) is 77.7 Å². The van der Waals surface area contributed by atoms with E-state index in [4.69, 9.17) is 51.1 Å². The van der Waals surface area contributed by atoms with Crippen molar-refractivity contribution in [3.05, 3.63) is 105 Å². The van der Waals surface area contributed by atoms with E-state index in [0.29, 0.717) is 33.9 Å². The van der Waals surface area contributed by atoms with E-state index in [1.54, 1.807) is 60.7 Å². The normalized spacial score (nSPS) is 11.5. The second kappa shape index (κ2) is 15.1. The Morgan fingerprint density at radius 3 is 1.67 bits per heavy atom. The van der Waals surface area contributed by atoms with E-state index in [1.165, 1.54) is 59.8 Å². The van der Waals surface area contributed by atoms with Crippen LogP contribution < -0.4 is 27.9 Å². The van der Waals surface area contributed by atoms with Crippen LogP contribution in [0.25, 0.3) is 18.2 Å². The molecule has 4 aromatic rings. The Balaban J connectivity index is 1.52. The van der Waals surface area contributed by atoms with E-state index in [-0.39, 0.29) is 38.0 Å². The van der Waals surface area contributed by atoms with Gasteiger partial charge in [-0.25, -0.2) is 0 Å². The lowest BCUT2D eigenvalue weighted by Crippen LogP contribution is -2.11. The van der Waals surface area contributed by atoms with Gasteiger partial charge < -0.3 is 27.9 Å². The van der Waals surface area contributed by atoms with Crippen molar-refractivity contribution >= 4 is 57.3 Å². The Kier molecular flexibility index (Phi) is 11.2. The smallest absolute Gasteiger partial charge is 0.339 e. The molecular weight excluding hydrogens is 655 g/mol. The average molecular weight is 686 g/mol. The van der Waals surface area contributed by atoms with Crippen LogP contribution in [0, 0.1) is 0 Å². The lowest BCUT2D eigenvalue weighted by atomic mass is 10.1. The number of allylic oxidation sites excluding steroid dienone is 1. The van der Waals surface area contributed by atoms with Gasteiger partial charge >= 0.3 is 10.1 Å². The molecule has 0 bridgehead atoms. The molecule has 0 amide bonds. The molecule has 0 heterocycles. The molecule has 0 saturated heterocycles. The highest BCUT2D eigenvalue weighted by Crippen LogP contribution is 2.41. The minimum absolute atomic E-state index is 0.120. The third-order valence-corrected chi connectivity index (χ3v) is 8.25. The predicted molar refractivity (Wildman–Crippen MR) is 179 cm³/mol. The zero-order chi connectivity index (χ0) is 33.4. The fraction of sp³-hybridized carbons (Fsp3) is 0.147. The zero-order valence-corrected chi connectivity index (χ0v) is 27.8. The predicted octanol–water partition coefficient (Wildman–Crippen LogP) is 7.87. The van der Waals surface area contributed by atoms with Gasteiger partial charge in [0.2, 0.25) is 5.75 Å². The molecule has 0 saturated carbocycles. The molecule has 0 unspecified atom stereocenters. The maximum absolute atomic E-state index is 13.0. The van der Waals surface area contributed by atoms with Crippen LogP contribution in [-0.4, -0.2) is 49.8 Å². The fourth-order valence-corrected chi connectivity index (χ4v) is 5.98. The third-order valence-electron chi connectivity index (χ3n) is 6.61. The van der Waals surface area contributed by atoms with E-state index in [0.717, 1.165) is 5.56 Å². The second-order valence-corrected chi connectivity index (χ2v) is 11.9. The number of hydrogen-bond acceptors (Lipinski definition) is 9. The minimum Gasteiger partial charge on any atom is -0.496 e. The third kappa shape index (κ3) is 8.14. The van der Waals surface area contributed by atoms with Gasteiger partial charge in [0.25, 0.3) is 0 Å². The highest BCUT2D eigenvalue weighted by atomic mass is 35.5. The number of carbonyl (C=O) groups is 1. The molecule has 46 heavy (non-hydrogen) atoms. The quantitative estimate of drug-likeness (QED) is 0.0602. The Hall–Kier alpha value is -4.64. The van der Waals surface area contributed by atoms with Crippen molar-refractivity contribution in [3.8, 4) is 34.5 Å². The van der Waals surface area contributed by atoms with Crippen LogP contribution in [0.1, 0.15) is 27.0 Å². The lowest BCUT2D eigenvalue weighted by molar-refractivity contribution is 0.104. The van der Waals surface area contributed by atoms with Crippen LogP contribution in [0.5, 0.6) is 34.5 Å². The minimum atomic E-state index is -4.33. The van der Waals surface area contributed by atoms with Gasteiger partial charge in [-0.3, -0.25) is 4.79 Å². The molecule has 0 aliphatic rings. The molecule has 0 aromatic heterocycles. The molecule has 4 aromatic carbocycles. The van der Waals surface area contributed by atoms with E-state index in [2.05, 4.69) is 0 Å². The van der Waals surface area contributed by atoms with Gasteiger partial charge in [0.15, 0.2) is 28.8 Å². The zero-order valence-electron chi connectivity index (χ0n) is 25.5. The first-order valence-electron chi connectivity index (χ1n) is 13.5. The highest BCUT2D eigenvalue weighted by Gasteiger charge is 2.24. The van der Waals surface area contributed by atoms with Crippen molar-refractivity contribution < 1.29 is 41.1 Å². The monoisotopic (exact) mass is 684 g/mol. The number of ketones is 1. The van der Waals surface area contributed by atoms with Crippen molar-refractivity contribution in [1.29, 1.82) is 0 Å². The highest BCUT2D eigenvalue weighted by molar-refractivity contribution is 7.87. The Bertz CT molecular complexity index is 1860. The van der Waals surface area contributed by atoms with Crippen LogP contribution in [0.4, 0.5) is 0 Å². The van der Waals surface area contributed by atoms with E-state index in [1.807, 2.05) is 6.08 Å². The Morgan fingerprint density at radius 2 is 1.13 bits per heavy atom. The molecule has 0 aliphatic heterocycles. The van der Waals surface area contributed by atoms with Gasteiger partial charge in [0.1, 0.15) is 10.6 Å². The molecule has 0 aliphatic carbocycles. The van der Waals surface area contributed by atoms with Gasteiger partial charge in [-0.05, 0) is 59.7 Å². The first kappa shape index (κ1) is 34.2. The number of ether oxygens (including phenoxy) is 5. The summed E-state index contributed by atoms with van der Waals surface area (Å²) in [6.45, 7) is 0. The molecule has 12 heteroatoms. The van der Waals surface area contributed by atoms with Crippen LogP contribution in [-0.2, 0) is 10.1 Å². The number of halogens is 2. The summed E-state index contributed by atoms with van der Waals surface area (Å²) in [5, 5.41) is 0.274. The lowest BCUT2D eigenvalue weighted by Gasteiger charge is -2.15. The van der Waals surface area contributed by atoms with Gasteiger partial charge in [0.05, 0.1) is 35.5 Å². The van der Waals surface area contributed by atoms with Crippen molar-refractivity contribution in [2.45, 2.75) is 4.90 Å². The van der Waals surface area contributed by atoms with Crippen LogP contribution in [0.3, 0.4) is 0 Å². The van der Waals surface area contributed by atoms with Gasteiger partial charge in [-0.2, -0.15) is 8.42 Å². The number of benzene rings is 4. The van der Waals surface area contributed by atoms with Crippen molar-refractivity contribution in [2.24, 2.45) is 0 Å². The summed E-state index contributed by atoms with van der Waals surface area (Å²) >= 11 is 12.0. The van der Waals surface area contributed by atoms with E-state index in [9.17, 15) is 13.2 Å². The first-order valence-corrected chi connectivity index (χ1v) is 15.7. The summed E-state index contributed by atoms with van der Waals surface area (Å²) in [7, 11) is 3.02. The Labute approximate surface area is 277 Å². The molecule has 9 nitrogen and oxygen atoms in total.